The molecule has 1 aliphatic carbocycles. The summed E-state index contributed by atoms with van der Waals surface area (Å²) in [4.78, 5) is 23.7. The van der Waals surface area contributed by atoms with Crippen molar-refractivity contribution in [3.63, 3.8) is 0 Å². The lowest BCUT2D eigenvalue weighted by molar-refractivity contribution is -0.134. The van der Waals surface area contributed by atoms with Gasteiger partial charge in [-0.25, -0.2) is 4.79 Å². The molecule has 28 heavy (non-hydrogen) atoms. The van der Waals surface area contributed by atoms with Crippen LogP contribution in [0.3, 0.4) is 0 Å². The fraction of sp³-hybridized carbons (Fsp3) is 0.273. The number of amides is 1. The Morgan fingerprint density at radius 2 is 1.79 bits per heavy atom. The summed E-state index contributed by atoms with van der Waals surface area (Å²) in [5.41, 5.74) is 0.542. The SMILES string of the molecule is O=C(CC1CCCC1)NC(=Cc1ccc(Oc2ccccc2Br)cc1)C(=O)O. The number of carboxylic acids is 1. The first kappa shape index (κ1) is 20.1. The summed E-state index contributed by atoms with van der Waals surface area (Å²) < 4.78 is 6.65. The monoisotopic (exact) mass is 443 g/mol. The van der Waals surface area contributed by atoms with Crippen LogP contribution in [0.2, 0.25) is 0 Å². The van der Waals surface area contributed by atoms with E-state index in [4.69, 9.17) is 4.74 Å². The molecule has 0 radical (unpaired) electrons. The molecule has 0 heterocycles. The molecule has 6 heteroatoms. The van der Waals surface area contributed by atoms with Crippen molar-refractivity contribution >= 4 is 33.9 Å². The smallest absolute Gasteiger partial charge is 0.352 e. The minimum absolute atomic E-state index is 0.123. The third kappa shape index (κ3) is 5.70. The number of hydrogen-bond donors (Lipinski definition) is 2. The molecular formula is C22H22BrNO4. The quantitative estimate of drug-likeness (QED) is 0.564. The van der Waals surface area contributed by atoms with Gasteiger partial charge in [-0.1, -0.05) is 37.1 Å². The number of rotatable bonds is 7. The summed E-state index contributed by atoms with van der Waals surface area (Å²) in [6.45, 7) is 0. The number of aliphatic carboxylic acids is 1. The van der Waals surface area contributed by atoms with Crippen molar-refractivity contribution in [1.82, 2.24) is 5.32 Å². The second kappa shape index (κ2) is 9.55. The van der Waals surface area contributed by atoms with E-state index in [0.717, 1.165) is 30.2 Å². The largest absolute Gasteiger partial charge is 0.477 e. The van der Waals surface area contributed by atoms with Crippen LogP contribution in [0, 0.1) is 5.92 Å². The minimum Gasteiger partial charge on any atom is -0.477 e. The number of benzene rings is 2. The molecule has 2 aromatic carbocycles. The Labute approximate surface area is 172 Å². The molecule has 5 nitrogen and oxygen atoms in total. The number of carbonyl (C=O) groups is 2. The molecule has 2 aromatic rings. The lowest BCUT2D eigenvalue weighted by atomic mass is 10.0. The van der Waals surface area contributed by atoms with Gasteiger partial charge < -0.3 is 15.2 Å². The maximum absolute atomic E-state index is 12.2. The molecule has 0 aromatic heterocycles. The van der Waals surface area contributed by atoms with Crippen LogP contribution in [-0.4, -0.2) is 17.0 Å². The average molecular weight is 444 g/mol. The van der Waals surface area contributed by atoms with Crippen LogP contribution in [0.4, 0.5) is 0 Å². The van der Waals surface area contributed by atoms with E-state index in [-0.39, 0.29) is 11.6 Å². The standard InChI is InChI=1S/C22H22BrNO4/c23-18-7-3-4-8-20(18)28-17-11-9-16(10-12-17)13-19(22(26)27)24-21(25)14-15-5-1-2-6-15/h3-4,7-13,15H,1-2,5-6,14H2,(H,24,25)(H,26,27). The van der Waals surface area contributed by atoms with Crippen LogP contribution in [-0.2, 0) is 9.59 Å². The Hall–Kier alpha value is -2.60. The van der Waals surface area contributed by atoms with Gasteiger partial charge in [0, 0.05) is 6.42 Å². The highest BCUT2D eigenvalue weighted by Gasteiger charge is 2.20. The zero-order valence-electron chi connectivity index (χ0n) is 15.4. The molecule has 1 amide bonds. The maximum atomic E-state index is 12.2. The van der Waals surface area contributed by atoms with Crippen molar-refractivity contribution in [3.8, 4) is 11.5 Å². The average Bonchev–Trinajstić information content (AvgIpc) is 3.17. The summed E-state index contributed by atoms with van der Waals surface area (Å²) in [5.74, 6) is 0.286. The highest BCUT2D eigenvalue weighted by molar-refractivity contribution is 9.10. The van der Waals surface area contributed by atoms with Gasteiger partial charge in [-0.15, -0.1) is 0 Å². The van der Waals surface area contributed by atoms with Crippen LogP contribution in [0.25, 0.3) is 6.08 Å². The van der Waals surface area contributed by atoms with E-state index in [1.807, 2.05) is 24.3 Å². The summed E-state index contributed by atoms with van der Waals surface area (Å²) in [7, 11) is 0. The molecule has 1 saturated carbocycles. The predicted molar refractivity (Wildman–Crippen MR) is 111 cm³/mol. The number of hydrogen-bond acceptors (Lipinski definition) is 3. The Morgan fingerprint density at radius 3 is 2.43 bits per heavy atom. The first-order chi connectivity index (χ1) is 13.5. The van der Waals surface area contributed by atoms with Gasteiger partial charge in [0.05, 0.1) is 4.47 Å². The normalized spacial score (nSPS) is 14.7. The van der Waals surface area contributed by atoms with Gasteiger partial charge in [0.25, 0.3) is 0 Å². The first-order valence-corrected chi connectivity index (χ1v) is 10.1. The van der Waals surface area contributed by atoms with Gasteiger partial charge in [0.1, 0.15) is 17.2 Å². The molecule has 2 N–H and O–H groups in total. The Morgan fingerprint density at radius 1 is 1.11 bits per heavy atom. The molecule has 0 aliphatic heterocycles. The fourth-order valence-corrected chi connectivity index (χ4v) is 3.65. The predicted octanol–water partition coefficient (Wildman–Crippen LogP) is 5.36. The summed E-state index contributed by atoms with van der Waals surface area (Å²) in [5, 5.41) is 12.0. The number of carbonyl (C=O) groups excluding carboxylic acids is 1. The van der Waals surface area contributed by atoms with Gasteiger partial charge in [-0.05, 0) is 70.6 Å². The zero-order chi connectivity index (χ0) is 19.9. The number of para-hydroxylation sites is 1. The van der Waals surface area contributed by atoms with Crippen LogP contribution < -0.4 is 10.1 Å². The van der Waals surface area contributed by atoms with Crippen molar-refractivity contribution < 1.29 is 19.4 Å². The molecule has 1 fully saturated rings. The van der Waals surface area contributed by atoms with E-state index >= 15 is 0 Å². The van der Waals surface area contributed by atoms with Crippen molar-refractivity contribution in [3.05, 3.63) is 64.3 Å². The summed E-state index contributed by atoms with van der Waals surface area (Å²) in [6.07, 6.45) is 6.21. The van der Waals surface area contributed by atoms with Crippen molar-refractivity contribution in [2.75, 3.05) is 0 Å². The van der Waals surface area contributed by atoms with E-state index in [1.54, 1.807) is 24.3 Å². The highest BCUT2D eigenvalue weighted by Crippen LogP contribution is 2.29. The van der Waals surface area contributed by atoms with E-state index < -0.39 is 5.97 Å². The van der Waals surface area contributed by atoms with Crippen LogP contribution in [0.1, 0.15) is 37.7 Å². The van der Waals surface area contributed by atoms with Gasteiger partial charge >= 0.3 is 5.97 Å². The Balaban J connectivity index is 1.66. The van der Waals surface area contributed by atoms with E-state index in [2.05, 4.69) is 21.2 Å². The molecule has 0 spiro atoms. The number of ether oxygens (including phenoxy) is 1. The van der Waals surface area contributed by atoms with E-state index in [9.17, 15) is 14.7 Å². The molecule has 3 rings (SSSR count). The second-order valence-electron chi connectivity index (χ2n) is 6.87. The molecule has 0 atom stereocenters. The molecular weight excluding hydrogens is 422 g/mol. The molecule has 146 valence electrons. The van der Waals surface area contributed by atoms with Crippen LogP contribution in [0.5, 0.6) is 11.5 Å². The molecule has 1 aliphatic rings. The van der Waals surface area contributed by atoms with Crippen molar-refractivity contribution in [1.29, 1.82) is 0 Å². The van der Waals surface area contributed by atoms with E-state index in [1.165, 1.54) is 6.08 Å². The summed E-state index contributed by atoms with van der Waals surface area (Å²) >= 11 is 3.43. The molecule has 0 bridgehead atoms. The number of halogens is 1. The third-order valence-electron chi connectivity index (χ3n) is 4.71. The van der Waals surface area contributed by atoms with E-state index in [0.29, 0.717) is 29.4 Å². The molecule has 0 saturated heterocycles. The van der Waals surface area contributed by atoms with Crippen molar-refractivity contribution in [2.24, 2.45) is 5.92 Å². The summed E-state index contributed by atoms with van der Waals surface area (Å²) in [6, 6.07) is 14.5. The van der Waals surface area contributed by atoms with Gasteiger partial charge in [-0.2, -0.15) is 0 Å². The van der Waals surface area contributed by atoms with Crippen molar-refractivity contribution in [2.45, 2.75) is 32.1 Å². The van der Waals surface area contributed by atoms with Gasteiger partial charge in [-0.3, -0.25) is 4.79 Å². The first-order valence-electron chi connectivity index (χ1n) is 9.28. The maximum Gasteiger partial charge on any atom is 0.352 e. The lowest BCUT2D eigenvalue weighted by Gasteiger charge is -2.10. The van der Waals surface area contributed by atoms with Crippen LogP contribution in [0.15, 0.2) is 58.7 Å². The fourth-order valence-electron chi connectivity index (χ4n) is 3.28. The van der Waals surface area contributed by atoms with Gasteiger partial charge in [0.2, 0.25) is 5.91 Å². The lowest BCUT2D eigenvalue weighted by Crippen LogP contribution is -2.28. The molecule has 0 unspecified atom stereocenters. The Bertz CT molecular complexity index is 870. The van der Waals surface area contributed by atoms with Gasteiger partial charge in [0.15, 0.2) is 0 Å². The third-order valence-corrected chi connectivity index (χ3v) is 5.36. The number of carboxylic acid groups (broad SMARTS) is 1. The topological polar surface area (TPSA) is 75.6 Å². The minimum atomic E-state index is -1.16. The highest BCUT2D eigenvalue weighted by atomic mass is 79.9. The Kier molecular flexibility index (Phi) is 6.87. The number of nitrogens with one attached hydrogen (secondary N) is 1. The second-order valence-corrected chi connectivity index (χ2v) is 7.72. The zero-order valence-corrected chi connectivity index (χ0v) is 16.9. The van der Waals surface area contributed by atoms with Crippen LogP contribution >= 0.6 is 15.9 Å².